The number of phenolic OH excluding ortho intramolecular Hbond substituents is 4. The van der Waals surface area contributed by atoms with Crippen molar-refractivity contribution < 1.29 is 35.1 Å². The van der Waals surface area contributed by atoms with Crippen LogP contribution in [0, 0.1) is 5.92 Å². The van der Waals surface area contributed by atoms with E-state index in [0.29, 0.717) is 11.1 Å². The monoisotopic (exact) mass is 346 g/mol. The van der Waals surface area contributed by atoms with E-state index in [0.717, 1.165) is 0 Å². The Labute approximate surface area is 143 Å². The molecule has 0 aromatic heterocycles. The first-order chi connectivity index (χ1) is 11.8. The second kappa shape index (κ2) is 7.57. The van der Waals surface area contributed by atoms with Crippen LogP contribution in [0.1, 0.15) is 17.5 Å². The Morgan fingerprint density at radius 1 is 0.800 bits per heavy atom. The lowest BCUT2D eigenvalue weighted by atomic mass is 9.91. The molecule has 1 unspecified atom stereocenters. The molecule has 0 amide bonds. The summed E-state index contributed by atoms with van der Waals surface area (Å²) in [6.45, 7) is 0. The number of hydrogen-bond acceptors (Lipinski definition) is 6. The van der Waals surface area contributed by atoms with Crippen LogP contribution in [0.3, 0.4) is 0 Å². The number of hydrogen-bond donors (Lipinski definition) is 5. The van der Waals surface area contributed by atoms with Crippen molar-refractivity contribution >= 4 is 11.8 Å². The topological polar surface area (TPSA) is 135 Å². The fourth-order valence-electron chi connectivity index (χ4n) is 2.44. The first-order valence-electron chi connectivity index (χ1n) is 7.55. The Kier molecular flexibility index (Phi) is 5.49. The zero-order valence-corrected chi connectivity index (χ0v) is 13.2. The molecule has 0 radical (unpaired) electrons. The van der Waals surface area contributed by atoms with E-state index >= 15 is 0 Å². The van der Waals surface area contributed by atoms with Gasteiger partial charge in [-0.3, -0.25) is 9.59 Å². The highest BCUT2D eigenvalue weighted by Crippen LogP contribution is 2.27. The molecule has 2 aromatic rings. The maximum absolute atomic E-state index is 12.3. The summed E-state index contributed by atoms with van der Waals surface area (Å²) >= 11 is 0. The highest BCUT2D eigenvalue weighted by molar-refractivity contribution is 5.98. The summed E-state index contributed by atoms with van der Waals surface area (Å²) in [7, 11) is 0. The normalized spacial score (nSPS) is 11.8. The minimum Gasteiger partial charge on any atom is -0.504 e. The number of aliphatic carboxylic acids is 1. The number of benzene rings is 2. The van der Waals surface area contributed by atoms with Crippen LogP contribution in [0.15, 0.2) is 36.4 Å². The standard InChI is InChI=1S/C18H18O7/c19-13(4-1-10-2-5-14(20)16(22)8-10)12(18(24)25)7-11-3-6-15(21)17(23)9-11/h2-3,5-6,8-9,12,20-23H,1,4,7H2,(H,24,25). The molecule has 0 spiro atoms. The third kappa shape index (κ3) is 4.63. The summed E-state index contributed by atoms with van der Waals surface area (Å²) in [5.41, 5.74) is 1.01. The average Bonchev–Trinajstić information content (AvgIpc) is 2.56. The van der Waals surface area contributed by atoms with E-state index < -0.39 is 17.7 Å². The second-order valence-corrected chi connectivity index (χ2v) is 5.71. The van der Waals surface area contributed by atoms with E-state index in [-0.39, 0.29) is 42.3 Å². The number of carboxylic acid groups (broad SMARTS) is 1. The molecule has 0 heterocycles. The van der Waals surface area contributed by atoms with Gasteiger partial charge in [0.05, 0.1) is 0 Å². The van der Waals surface area contributed by atoms with Crippen molar-refractivity contribution in [1.82, 2.24) is 0 Å². The van der Waals surface area contributed by atoms with Crippen molar-refractivity contribution in [1.29, 1.82) is 0 Å². The molecule has 2 rings (SSSR count). The van der Waals surface area contributed by atoms with Gasteiger partial charge in [0.25, 0.3) is 0 Å². The van der Waals surface area contributed by atoms with Gasteiger partial charge < -0.3 is 25.5 Å². The molecule has 0 saturated heterocycles. The lowest BCUT2D eigenvalue weighted by Gasteiger charge is -2.12. The number of ketones is 1. The molecule has 25 heavy (non-hydrogen) atoms. The van der Waals surface area contributed by atoms with E-state index in [1.165, 1.54) is 36.4 Å². The number of carbonyl (C=O) groups is 2. The molecule has 2 aromatic carbocycles. The molecule has 7 heteroatoms. The smallest absolute Gasteiger partial charge is 0.314 e. The van der Waals surface area contributed by atoms with E-state index in [1.807, 2.05) is 0 Å². The van der Waals surface area contributed by atoms with E-state index in [1.54, 1.807) is 0 Å². The van der Waals surface area contributed by atoms with Crippen molar-refractivity contribution in [2.24, 2.45) is 5.92 Å². The van der Waals surface area contributed by atoms with Crippen LogP contribution >= 0.6 is 0 Å². The van der Waals surface area contributed by atoms with Gasteiger partial charge in [0.2, 0.25) is 0 Å². The zero-order chi connectivity index (χ0) is 18.6. The quantitative estimate of drug-likeness (QED) is 0.382. The Morgan fingerprint density at radius 3 is 1.84 bits per heavy atom. The summed E-state index contributed by atoms with van der Waals surface area (Å²) in [4.78, 5) is 23.7. The van der Waals surface area contributed by atoms with E-state index in [4.69, 9.17) is 0 Å². The molecule has 0 bridgehead atoms. The van der Waals surface area contributed by atoms with Gasteiger partial charge in [-0.15, -0.1) is 0 Å². The van der Waals surface area contributed by atoms with Crippen LogP contribution in [-0.2, 0) is 22.4 Å². The van der Waals surface area contributed by atoms with Gasteiger partial charge in [-0.1, -0.05) is 12.1 Å². The van der Waals surface area contributed by atoms with Gasteiger partial charge in [-0.2, -0.15) is 0 Å². The number of phenols is 4. The summed E-state index contributed by atoms with van der Waals surface area (Å²) in [6.07, 6.45) is 0.0609. The minimum absolute atomic E-state index is 0.0503. The summed E-state index contributed by atoms with van der Waals surface area (Å²) < 4.78 is 0. The van der Waals surface area contributed by atoms with Crippen LogP contribution in [0.25, 0.3) is 0 Å². The molecule has 132 valence electrons. The highest BCUT2D eigenvalue weighted by atomic mass is 16.4. The fourth-order valence-corrected chi connectivity index (χ4v) is 2.44. The number of carboxylic acids is 1. The molecule has 5 N–H and O–H groups in total. The van der Waals surface area contributed by atoms with E-state index in [9.17, 15) is 35.1 Å². The highest BCUT2D eigenvalue weighted by Gasteiger charge is 2.26. The SMILES string of the molecule is O=C(O)C(Cc1ccc(O)c(O)c1)C(=O)CCc1ccc(O)c(O)c1. The third-order valence-electron chi connectivity index (χ3n) is 3.87. The minimum atomic E-state index is -1.28. The molecule has 0 fully saturated rings. The molecule has 0 aliphatic rings. The van der Waals surface area contributed by atoms with Crippen LogP contribution in [0.4, 0.5) is 0 Å². The second-order valence-electron chi connectivity index (χ2n) is 5.71. The van der Waals surface area contributed by atoms with Crippen LogP contribution in [0.5, 0.6) is 23.0 Å². The number of aryl methyl sites for hydroxylation is 1. The van der Waals surface area contributed by atoms with E-state index in [2.05, 4.69) is 0 Å². The average molecular weight is 346 g/mol. The first kappa shape index (κ1) is 18.1. The maximum atomic E-state index is 12.3. The predicted molar refractivity (Wildman–Crippen MR) is 87.7 cm³/mol. The number of aromatic hydroxyl groups is 4. The molecule has 0 saturated carbocycles. The first-order valence-corrected chi connectivity index (χ1v) is 7.55. The zero-order valence-electron chi connectivity index (χ0n) is 13.2. The fraction of sp³-hybridized carbons (Fsp3) is 0.222. The van der Waals surface area contributed by atoms with Crippen molar-refractivity contribution in [3.63, 3.8) is 0 Å². The molecular weight excluding hydrogens is 328 g/mol. The Morgan fingerprint density at radius 2 is 1.32 bits per heavy atom. The van der Waals surface area contributed by atoms with Gasteiger partial charge in [0.1, 0.15) is 11.7 Å². The third-order valence-corrected chi connectivity index (χ3v) is 3.87. The van der Waals surface area contributed by atoms with Gasteiger partial charge in [-0.25, -0.2) is 0 Å². The predicted octanol–water partition coefficient (Wildman–Crippen LogP) is 1.95. The molecular formula is C18H18O7. The van der Waals surface area contributed by atoms with Crippen LogP contribution < -0.4 is 0 Å². The largest absolute Gasteiger partial charge is 0.504 e. The van der Waals surface area contributed by atoms with Crippen molar-refractivity contribution in [2.45, 2.75) is 19.3 Å². The lowest BCUT2D eigenvalue weighted by molar-refractivity contribution is -0.146. The van der Waals surface area contributed by atoms with Crippen molar-refractivity contribution in [2.75, 3.05) is 0 Å². The number of carbonyl (C=O) groups excluding carboxylic acids is 1. The summed E-state index contributed by atoms with van der Waals surface area (Å²) in [5, 5.41) is 46.7. The lowest BCUT2D eigenvalue weighted by Crippen LogP contribution is -2.26. The van der Waals surface area contributed by atoms with Gasteiger partial charge in [0.15, 0.2) is 23.0 Å². The van der Waals surface area contributed by atoms with Gasteiger partial charge >= 0.3 is 5.97 Å². The molecule has 0 aliphatic carbocycles. The van der Waals surface area contributed by atoms with Crippen molar-refractivity contribution in [3.8, 4) is 23.0 Å². The van der Waals surface area contributed by atoms with Crippen LogP contribution in [0.2, 0.25) is 0 Å². The van der Waals surface area contributed by atoms with Gasteiger partial charge in [0, 0.05) is 6.42 Å². The number of Topliss-reactive ketones (excluding diaryl/α,β-unsaturated/α-hetero) is 1. The van der Waals surface area contributed by atoms with Gasteiger partial charge in [-0.05, 0) is 48.2 Å². The Balaban J connectivity index is 2.05. The molecule has 7 nitrogen and oxygen atoms in total. The maximum Gasteiger partial charge on any atom is 0.314 e. The van der Waals surface area contributed by atoms with Crippen LogP contribution in [-0.4, -0.2) is 37.3 Å². The molecule has 1 atom stereocenters. The van der Waals surface area contributed by atoms with Crippen molar-refractivity contribution in [3.05, 3.63) is 47.5 Å². The summed E-state index contributed by atoms with van der Waals surface area (Å²) in [6, 6.07) is 8.04. The Hall–Kier alpha value is -3.22. The molecule has 0 aliphatic heterocycles. The summed E-state index contributed by atoms with van der Waals surface area (Å²) in [5.74, 6) is -4.33. The Bertz CT molecular complexity index is 798. The number of rotatable bonds is 7.